The first-order valence-corrected chi connectivity index (χ1v) is 6.14. The lowest BCUT2D eigenvalue weighted by Crippen LogP contribution is -2.34. The van der Waals surface area contributed by atoms with Gasteiger partial charge < -0.3 is 9.84 Å². The summed E-state index contributed by atoms with van der Waals surface area (Å²) in [6, 6.07) is 1.57. The fourth-order valence-electron chi connectivity index (χ4n) is 2.42. The molecule has 1 saturated carbocycles. The zero-order valence-electron chi connectivity index (χ0n) is 9.43. The van der Waals surface area contributed by atoms with Crippen molar-refractivity contribution in [2.24, 2.45) is 0 Å². The van der Waals surface area contributed by atoms with E-state index in [0.29, 0.717) is 6.04 Å². The van der Waals surface area contributed by atoms with Gasteiger partial charge in [0.15, 0.2) is 5.82 Å². The second kappa shape index (κ2) is 4.51. The van der Waals surface area contributed by atoms with Gasteiger partial charge in [0.2, 0.25) is 6.39 Å². The average Bonchev–Trinajstić information content (AvgIpc) is 2.83. The van der Waals surface area contributed by atoms with Crippen LogP contribution in [0.5, 0.6) is 0 Å². The number of rotatable bonds is 5. The topological polar surface area (TPSA) is 54.2 Å². The second-order valence-electron chi connectivity index (χ2n) is 4.76. The van der Waals surface area contributed by atoms with Crippen molar-refractivity contribution in [1.29, 1.82) is 0 Å². The summed E-state index contributed by atoms with van der Waals surface area (Å²) in [4.78, 5) is 6.62. The van der Waals surface area contributed by atoms with E-state index >= 15 is 0 Å². The molecule has 1 N–H and O–H groups in total. The SMILES string of the molecule is c1nc(CCNC2CCN(C3CC3)C2)no1. The number of likely N-dealkylation sites (tertiary alicyclic amines) is 1. The minimum atomic E-state index is 0.660. The highest BCUT2D eigenvalue weighted by Gasteiger charge is 2.33. The number of nitrogens with one attached hydrogen (secondary N) is 1. The summed E-state index contributed by atoms with van der Waals surface area (Å²) >= 11 is 0. The molecule has 0 amide bonds. The molecule has 1 unspecified atom stereocenters. The zero-order valence-corrected chi connectivity index (χ0v) is 9.43. The van der Waals surface area contributed by atoms with Gasteiger partial charge in [-0.1, -0.05) is 5.16 Å². The van der Waals surface area contributed by atoms with E-state index in [9.17, 15) is 0 Å². The molecule has 1 aliphatic heterocycles. The molecule has 1 saturated heterocycles. The highest BCUT2D eigenvalue weighted by molar-refractivity contribution is 4.92. The van der Waals surface area contributed by atoms with Crippen LogP contribution in [0.3, 0.4) is 0 Å². The van der Waals surface area contributed by atoms with Crippen LogP contribution < -0.4 is 5.32 Å². The van der Waals surface area contributed by atoms with Crippen LogP contribution in [-0.4, -0.2) is 46.8 Å². The summed E-state index contributed by atoms with van der Waals surface area (Å²) in [5.41, 5.74) is 0. The summed E-state index contributed by atoms with van der Waals surface area (Å²) in [6.07, 6.45) is 6.35. The van der Waals surface area contributed by atoms with E-state index < -0.39 is 0 Å². The largest absolute Gasteiger partial charge is 0.343 e. The lowest BCUT2D eigenvalue weighted by atomic mass is 10.2. The minimum absolute atomic E-state index is 0.660. The maximum Gasteiger partial charge on any atom is 0.213 e. The smallest absolute Gasteiger partial charge is 0.213 e. The van der Waals surface area contributed by atoms with Crippen LogP contribution in [0.2, 0.25) is 0 Å². The predicted molar refractivity (Wildman–Crippen MR) is 59.0 cm³/mol. The maximum absolute atomic E-state index is 4.70. The molecule has 2 fully saturated rings. The normalized spacial score (nSPS) is 26.4. The molecular formula is C11H18N4O. The molecule has 0 radical (unpaired) electrons. The van der Waals surface area contributed by atoms with Gasteiger partial charge in [0.05, 0.1) is 0 Å². The molecule has 0 aromatic carbocycles. The zero-order chi connectivity index (χ0) is 10.8. The molecule has 88 valence electrons. The summed E-state index contributed by atoms with van der Waals surface area (Å²) in [6.45, 7) is 3.43. The summed E-state index contributed by atoms with van der Waals surface area (Å²) in [5.74, 6) is 0.796. The van der Waals surface area contributed by atoms with Gasteiger partial charge >= 0.3 is 0 Å². The van der Waals surface area contributed by atoms with E-state index in [4.69, 9.17) is 4.52 Å². The maximum atomic E-state index is 4.70. The van der Waals surface area contributed by atoms with Crippen molar-refractivity contribution >= 4 is 0 Å². The van der Waals surface area contributed by atoms with E-state index in [1.54, 1.807) is 0 Å². The number of hydrogen-bond donors (Lipinski definition) is 1. The molecule has 16 heavy (non-hydrogen) atoms. The number of nitrogens with zero attached hydrogens (tertiary/aromatic N) is 3. The van der Waals surface area contributed by atoms with Crippen LogP contribution in [0, 0.1) is 0 Å². The molecule has 2 aliphatic rings. The Kier molecular flexibility index (Phi) is 2.88. The number of aromatic nitrogens is 2. The highest BCUT2D eigenvalue weighted by Crippen LogP contribution is 2.29. The third-order valence-electron chi connectivity index (χ3n) is 3.47. The van der Waals surface area contributed by atoms with Gasteiger partial charge in [0.25, 0.3) is 0 Å². The molecule has 1 aromatic rings. The Bertz CT molecular complexity index is 323. The van der Waals surface area contributed by atoms with Gasteiger partial charge in [-0.3, -0.25) is 4.90 Å². The van der Waals surface area contributed by atoms with Gasteiger partial charge in [-0.15, -0.1) is 0 Å². The molecule has 1 aromatic heterocycles. The Morgan fingerprint density at radius 1 is 1.44 bits per heavy atom. The minimum Gasteiger partial charge on any atom is -0.343 e. The highest BCUT2D eigenvalue weighted by atomic mass is 16.5. The summed E-state index contributed by atoms with van der Waals surface area (Å²) < 4.78 is 4.70. The van der Waals surface area contributed by atoms with E-state index in [2.05, 4.69) is 20.4 Å². The van der Waals surface area contributed by atoms with Gasteiger partial charge in [-0.25, -0.2) is 0 Å². The van der Waals surface area contributed by atoms with Crippen molar-refractivity contribution in [3.63, 3.8) is 0 Å². The Morgan fingerprint density at radius 3 is 3.12 bits per heavy atom. The molecule has 0 spiro atoms. The second-order valence-corrected chi connectivity index (χ2v) is 4.76. The number of hydrogen-bond acceptors (Lipinski definition) is 5. The third-order valence-corrected chi connectivity index (χ3v) is 3.47. The van der Waals surface area contributed by atoms with Crippen molar-refractivity contribution in [1.82, 2.24) is 20.4 Å². The Morgan fingerprint density at radius 2 is 2.38 bits per heavy atom. The lowest BCUT2D eigenvalue weighted by molar-refractivity contribution is 0.317. The molecule has 1 aliphatic carbocycles. The monoisotopic (exact) mass is 222 g/mol. The molecular weight excluding hydrogens is 204 g/mol. The van der Waals surface area contributed by atoms with Gasteiger partial charge in [-0.05, 0) is 19.3 Å². The molecule has 1 atom stereocenters. The Labute approximate surface area is 95.2 Å². The average molecular weight is 222 g/mol. The van der Waals surface area contributed by atoms with Crippen LogP contribution in [-0.2, 0) is 6.42 Å². The third kappa shape index (κ3) is 2.41. The van der Waals surface area contributed by atoms with Crippen LogP contribution in [0.1, 0.15) is 25.1 Å². The first-order valence-electron chi connectivity index (χ1n) is 6.14. The molecule has 5 heteroatoms. The summed E-state index contributed by atoms with van der Waals surface area (Å²) in [5, 5.41) is 7.37. The quantitative estimate of drug-likeness (QED) is 0.783. The fraction of sp³-hybridized carbons (Fsp3) is 0.818. The van der Waals surface area contributed by atoms with Crippen molar-refractivity contribution in [2.45, 2.75) is 37.8 Å². The van der Waals surface area contributed by atoms with Gasteiger partial charge in [-0.2, -0.15) is 4.98 Å². The fourth-order valence-corrected chi connectivity index (χ4v) is 2.42. The Hall–Kier alpha value is -0.940. The van der Waals surface area contributed by atoms with Crippen molar-refractivity contribution in [3.8, 4) is 0 Å². The van der Waals surface area contributed by atoms with E-state index in [0.717, 1.165) is 24.8 Å². The van der Waals surface area contributed by atoms with Crippen molar-refractivity contribution in [2.75, 3.05) is 19.6 Å². The first kappa shape index (κ1) is 10.2. The van der Waals surface area contributed by atoms with Crippen LogP contribution >= 0.6 is 0 Å². The molecule has 0 bridgehead atoms. The standard InChI is InChI=1S/C11H18N4O/c1-2-10(1)15-6-4-9(7-15)12-5-3-11-13-8-16-14-11/h8-10,12H,1-7H2. The van der Waals surface area contributed by atoms with Crippen molar-refractivity contribution < 1.29 is 4.52 Å². The van der Waals surface area contributed by atoms with Crippen LogP contribution in [0.25, 0.3) is 0 Å². The molecule has 2 heterocycles. The van der Waals surface area contributed by atoms with Gasteiger partial charge in [0.1, 0.15) is 0 Å². The lowest BCUT2D eigenvalue weighted by Gasteiger charge is -2.15. The first-order chi connectivity index (χ1) is 7.92. The predicted octanol–water partition coefficient (Wildman–Crippen LogP) is 0.438. The van der Waals surface area contributed by atoms with Gasteiger partial charge in [0, 0.05) is 38.1 Å². The molecule has 3 rings (SSSR count). The van der Waals surface area contributed by atoms with Crippen LogP contribution in [0.4, 0.5) is 0 Å². The van der Waals surface area contributed by atoms with E-state index in [1.807, 2.05) is 0 Å². The van der Waals surface area contributed by atoms with E-state index in [-0.39, 0.29) is 0 Å². The van der Waals surface area contributed by atoms with E-state index in [1.165, 1.54) is 38.7 Å². The Balaban J connectivity index is 1.36. The van der Waals surface area contributed by atoms with Crippen molar-refractivity contribution in [3.05, 3.63) is 12.2 Å². The van der Waals surface area contributed by atoms with Crippen LogP contribution in [0.15, 0.2) is 10.9 Å². The summed E-state index contributed by atoms with van der Waals surface area (Å²) in [7, 11) is 0. The molecule has 5 nitrogen and oxygen atoms in total.